The number of nitriles is 1. The average molecular weight is 502 g/mol. The number of hydrogen-bond donors (Lipinski definition) is 0. The van der Waals surface area contributed by atoms with Crippen LogP contribution in [0.1, 0.15) is 61.3 Å². The first-order valence-electron chi connectivity index (χ1n) is 10.5. The number of hydrogen-bond acceptors (Lipinski definition) is 3. The summed E-state index contributed by atoms with van der Waals surface area (Å²) in [6.45, 7) is 4.16. The van der Waals surface area contributed by atoms with Crippen LogP contribution < -0.4 is 4.90 Å². The van der Waals surface area contributed by atoms with Gasteiger partial charge in [0.15, 0.2) is 5.79 Å². The van der Waals surface area contributed by atoms with Crippen LogP contribution in [0, 0.1) is 11.3 Å². The Kier molecular flexibility index (Phi) is 6.81. The molecule has 0 spiro atoms. The number of ether oxygens (including phenoxy) is 1. The number of alkyl halides is 7. The smallest absolute Gasteiger partial charge is 0.417 e. The molecule has 0 N–H and O–H groups in total. The van der Waals surface area contributed by atoms with Crippen LogP contribution in [0.3, 0.4) is 0 Å². The highest BCUT2D eigenvalue weighted by molar-refractivity contribution is 5.91. The molecule has 1 amide bonds. The Morgan fingerprint density at radius 2 is 1.63 bits per heavy atom. The van der Waals surface area contributed by atoms with E-state index in [-0.39, 0.29) is 17.3 Å². The highest BCUT2D eigenvalue weighted by atomic mass is 19.4. The number of carbonyl (C=O) groups excluding carboxylic acids is 1. The molecular formula is C24H21F7N2O2. The van der Waals surface area contributed by atoms with E-state index in [1.165, 1.54) is 24.3 Å². The van der Waals surface area contributed by atoms with Crippen LogP contribution >= 0.6 is 0 Å². The number of halogens is 7. The Morgan fingerprint density at radius 1 is 1.09 bits per heavy atom. The molecule has 35 heavy (non-hydrogen) atoms. The molecule has 1 heterocycles. The van der Waals surface area contributed by atoms with E-state index in [2.05, 4.69) is 0 Å². The van der Waals surface area contributed by atoms with Crippen LogP contribution in [0.4, 0.5) is 41.2 Å². The molecule has 3 atom stereocenters. The molecule has 0 aromatic heterocycles. The maximum atomic E-state index is 15.9. The van der Waals surface area contributed by atoms with Crippen molar-refractivity contribution in [2.45, 2.75) is 63.3 Å². The van der Waals surface area contributed by atoms with E-state index in [0.29, 0.717) is 12.1 Å². The fourth-order valence-corrected chi connectivity index (χ4v) is 4.25. The molecular weight excluding hydrogens is 481 g/mol. The monoisotopic (exact) mass is 502 g/mol. The normalized spacial score (nSPS) is 21.3. The molecule has 1 aliphatic heterocycles. The summed E-state index contributed by atoms with van der Waals surface area (Å²) in [5, 5.41) is 9.87. The lowest BCUT2D eigenvalue weighted by molar-refractivity contribution is -0.143. The van der Waals surface area contributed by atoms with E-state index in [9.17, 15) is 36.4 Å². The van der Waals surface area contributed by atoms with Gasteiger partial charge >= 0.3 is 18.4 Å². The zero-order valence-electron chi connectivity index (χ0n) is 18.8. The predicted molar refractivity (Wildman–Crippen MR) is 112 cm³/mol. The zero-order chi connectivity index (χ0) is 26.3. The molecule has 1 aliphatic rings. The van der Waals surface area contributed by atoms with Crippen molar-refractivity contribution >= 4 is 11.8 Å². The van der Waals surface area contributed by atoms with Crippen LogP contribution in [0.25, 0.3) is 0 Å². The first kappa shape index (κ1) is 26.3. The van der Waals surface area contributed by atoms with Crippen molar-refractivity contribution in [3.05, 3.63) is 64.7 Å². The Morgan fingerprint density at radius 3 is 2.11 bits per heavy atom. The summed E-state index contributed by atoms with van der Waals surface area (Å²) < 4.78 is 101. The number of amides is 1. The minimum Gasteiger partial charge on any atom is -0.446 e. The van der Waals surface area contributed by atoms with E-state index in [1.807, 2.05) is 0 Å². The summed E-state index contributed by atoms with van der Waals surface area (Å²) in [6, 6.07) is 8.51. The Balaban J connectivity index is 2.18. The lowest BCUT2D eigenvalue weighted by Gasteiger charge is -2.44. The SMILES string of the molecule is CC(C)OC(=O)N1c2ccccc2C(C(C#N)c2cc(C(F)(F)F)cc(C(F)(F)F)c2)CC1(C)F. The van der Waals surface area contributed by atoms with Gasteiger partial charge in [-0.2, -0.15) is 31.6 Å². The van der Waals surface area contributed by atoms with Crippen molar-refractivity contribution in [2.24, 2.45) is 0 Å². The number of fused-ring (bicyclic) bond motifs is 1. The van der Waals surface area contributed by atoms with Gasteiger partial charge in [-0.15, -0.1) is 0 Å². The van der Waals surface area contributed by atoms with Crippen molar-refractivity contribution < 1.29 is 40.3 Å². The molecule has 2 aromatic carbocycles. The standard InChI is InChI=1S/C24H21F7N2O2/c1-13(2)35-21(34)33-20-7-5-4-6-17(20)18(11-22(33,3)25)19(12-32)14-8-15(23(26,27)28)10-16(9-14)24(29,30)31/h4-10,13,18-19H,11H2,1-3H3. The molecule has 0 fully saturated rings. The fraction of sp³-hybridized carbons (Fsp3) is 0.417. The van der Waals surface area contributed by atoms with Crippen molar-refractivity contribution in [3.63, 3.8) is 0 Å². The highest BCUT2D eigenvalue weighted by Gasteiger charge is 2.48. The molecule has 0 aliphatic carbocycles. The van der Waals surface area contributed by atoms with Gasteiger partial charge < -0.3 is 4.74 Å². The van der Waals surface area contributed by atoms with E-state index in [0.717, 1.165) is 11.8 Å². The Labute approximate surface area is 196 Å². The van der Waals surface area contributed by atoms with Crippen molar-refractivity contribution in [2.75, 3.05) is 4.90 Å². The van der Waals surface area contributed by atoms with Crippen molar-refractivity contribution in [1.82, 2.24) is 0 Å². The van der Waals surface area contributed by atoms with Crippen LogP contribution in [0.5, 0.6) is 0 Å². The minimum absolute atomic E-state index is 0.0164. The number of nitrogens with zero attached hydrogens (tertiary/aromatic N) is 2. The van der Waals surface area contributed by atoms with Gasteiger partial charge in [0.25, 0.3) is 0 Å². The van der Waals surface area contributed by atoms with Gasteiger partial charge in [-0.1, -0.05) is 18.2 Å². The van der Waals surface area contributed by atoms with Gasteiger partial charge in [-0.3, -0.25) is 0 Å². The number of carbonyl (C=O) groups is 1. The third kappa shape index (κ3) is 5.36. The first-order chi connectivity index (χ1) is 16.1. The van der Waals surface area contributed by atoms with E-state index in [4.69, 9.17) is 4.74 Å². The summed E-state index contributed by atoms with van der Waals surface area (Å²) in [6.07, 6.45) is -12.4. The van der Waals surface area contributed by atoms with Gasteiger partial charge in [0.05, 0.1) is 34.9 Å². The summed E-state index contributed by atoms with van der Waals surface area (Å²) in [5.41, 5.74) is -3.46. The molecule has 188 valence electrons. The fourth-order valence-electron chi connectivity index (χ4n) is 4.25. The minimum atomic E-state index is -5.10. The van der Waals surface area contributed by atoms with Gasteiger partial charge in [-0.05, 0) is 56.2 Å². The number of rotatable bonds is 3. The molecule has 3 unspecified atom stereocenters. The van der Waals surface area contributed by atoms with Crippen LogP contribution in [-0.2, 0) is 17.1 Å². The highest BCUT2D eigenvalue weighted by Crippen LogP contribution is 2.51. The molecule has 0 radical (unpaired) electrons. The number of para-hydroxylation sites is 1. The van der Waals surface area contributed by atoms with Crippen LogP contribution in [0.15, 0.2) is 42.5 Å². The zero-order valence-corrected chi connectivity index (χ0v) is 18.8. The molecule has 3 rings (SSSR count). The second kappa shape index (κ2) is 9.06. The average Bonchev–Trinajstić information content (AvgIpc) is 2.71. The maximum absolute atomic E-state index is 15.9. The predicted octanol–water partition coefficient (Wildman–Crippen LogP) is 7.56. The topological polar surface area (TPSA) is 53.3 Å². The summed E-state index contributed by atoms with van der Waals surface area (Å²) in [5.74, 6) is -5.18. The maximum Gasteiger partial charge on any atom is 0.417 e. The second-order valence-electron chi connectivity index (χ2n) is 8.73. The summed E-state index contributed by atoms with van der Waals surface area (Å²) >= 11 is 0. The lowest BCUT2D eigenvalue weighted by atomic mass is 9.74. The molecule has 2 aromatic rings. The second-order valence-corrected chi connectivity index (χ2v) is 8.73. The first-order valence-corrected chi connectivity index (χ1v) is 10.5. The van der Waals surface area contributed by atoms with Crippen molar-refractivity contribution in [3.8, 4) is 6.07 Å². The molecule has 0 saturated heterocycles. The molecule has 4 nitrogen and oxygen atoms in total. The quantitative estimate of drug-likeness (QED) is 0.322. The lowest BCUT2D eigenvalue weighted by Crippen LogP contribution is -2.52. The third-order valence-corrected chi connectivity index (χ3v) is 5.67. The molecule has 0 saturated carbocycles. The van der Waals surface area contributed by atoms with Gasteiger partial charge in [0.1, 0.15) is 0 Å². The molecule has 11 heteroatoms. The van der Waals surface area contributed by atoms with Crippen LogP contribution in [-0.4, -0.2) is 18.0 Å². The summed E-state index contributed by atoms with van der Waals surface area (Å²) in [4.78, 5) is 13.4. The Bertz CT molecular complexity index is 1120. The van der Waals surface area contributed by atoms with Crippen LogP contribution in [0.2, 0.25) is 0 Å². The van der Waals surface area contributed by atoms with Gasteiger partial charge in [0.2, 0.25) is 0 Å². The van der Waals surface area contributed by atoms with Gasteiger partial charge in [-0.25, -0.2) is 14.1 Å². The van der Waals surface area contributed by atoms with Gasteiger partial charge in [0, 0.05) is 12.3 Å². The van der Waals surface area contributed by atoms with E-state index < -0.39 is 65.3 Å². The number of anilines is 1. The largest absolute Gasteiger partial charge is 0.446 e. The van der Waals surface area contributed by atoms with Crippen molar-refractivity contribution in [1.29, 1.82) is 5.26 Å². The van der Waals surface area contributed by atoms with E-state index >= 15 is 4.39 Å². The molecule has 0 bridgehead atoms. The summed E-state index contributed by atoms with van der Waals surface area (Å²) in [7, 11) is 0. The van der Waals surface area contributed by atoms with E-state index in [1.54, 1.807) is 19.9 Å². The Hall–Kier alpha value is -3.29. The number of benzene rings is 2. The third-order valence-electron chi connectivity index (χ3n) is 5.67.